The number of hydrogen-bond donors (Lipinski definition) is 1. The monoisotopic (exact) mass is 253 g/mol. The van der Waals surface area contributed by atoms with Crippen molar-refractivity contribution in [3.63, 3.8) is 0 Å². The zero-order chi connectivity index (χ0) is 13.5. The molecule has 1 rings (SSSR count). The third-order valence-electron chi connectivity index (χ3n) is 3.08. The van der Waals surface area contributed by atoms with Crippen LogP contribution in [0.15, 0.2) is 6.20 Å². The van der Waals surface area contributed by atoms with Crippen molar-refractivity contribution in [2.24, 2.45) is 0 Å². The minimum absolute atomic E-state index is 0.521. The smallest absolute Gasteiger partial charge is 0.0839 e. The summed E-state index contributed by atoms with van der Waals surface area (Å²) in [5.41, 5.74) is 1.08. The Hall–Kier alpha value is -0.940. The van der Waals surface area contributed by atoms with Gasteiger partial charge in [-0.25, -0.2) is 0 Å². The molecule has 104 valence electrons. The number of hydrogen-bond acceptors (Lipinski definition) is 4. The largest absolute Gasteiger partial charge is 0.313 e. The average molecular weight is 253 g/mol. The van der Waals surface area contributed by atoms with Crippen LogP contribution in [-0.2, 0) is 13.0 Å². The lowest BCUT2D eigenvalue weighted by Gasteiger charge is -2.19. The number of aromatic nitrogens is 3. The highest BCUT2D eigenvalue weighted by atomic mass is 15.4. The topological polar surface area (TPSA) is 46.0 Å². The van der Waals surface area contributed by atoms with Gasteiger partial charge < -0.3 is 10.2 Å². The molecular weight excluding hydrogens is 226 g/mol. The lowest BCUT2D eigenvalue weighted by atomic mass is 10.3. The molecule has 0 atom stereocenters. The quantitative estimate of drug-likeness (QED) is 0.755. The third kappa shape index (κ3) is 5.60. The van der Waals surface area contributed by atoms with E-state index in [4.69, 9.17) is 0 Å². The van der Waals surface area contributed by atoms with E-state index < -0.39 is 0 Å². The van der Waals surface area contributed by atoms with Gasteiger partial charge in [0.15, 0.2) is 0 Å². The summed E-state index contributed by atoms with van der Waals surface area (Å²) in [6.45, 7) is 11.5. The Morgan fingerprint density at radius 2 is 2.06 bits per heavy atom. The fourth-order valence-electron chi connectivity index (χ4n) is 1.58. The summed E-state index contributed by atoms with van der Waals surface area (Å²) in [7, 11) is 2.14. The van der Waals surface area contributed by atoms with Gasteiger partial charge >= 0.3 is 0 Å². The zero-order valence-electron chi connectivity index (χ0n) is 12.3. The number of likely N-dealkylation sites (N-methyl/N-ethyl adjacent to an activating group) is 1. The zero-order valence-corrected chi connectivity index (χ0v) is 12.3. The fourth-order valence-corrected chi connectivity index (χ4v) is 1.58. The molecule has 0 bridgehead atoms. The van der Waals surface area contributed by atoms with Gasteiger partial charge in [0.25, 0.3) is 0 Å². The van der Waals surface area contributed by atoms with Crippen molar-refractivity contribution in [3.05, 3.63) is 11.9 Å². The second-order valence-electron chi connectivity index (χ2n) is 5.41. The summed E-state index contributed by atoms with van der Waals surface area (Å²) < 4.78 is 1.92. The van der Waals surface area contributed by atoms with Crippen molar-refractivity contribution in [2.75, 3.05) is 20.1 Å². The predicted molar refractivity (Wildman–Crippen MR) is 74.6 cm³/mol. The molecule has 5 heteroatoms. The third-order valence-corrected chi connectivity index (χ3v) is 3.08. The van der Waals surface area contributed by atoms with E-state index in [-0.39, 0.29) is 0 Å². The highest BCUT2D eigenvalue weighted by Gasteiger charge is 2.06. The van der Waals surface area contributed by atoms with Gasteiger partial charge in [-0.1, -0.05) is 19.1 Å². The van der Waals surface area contributed by atoms with Crippen LogP contribution < -0.4 is 5.32 Å². The molecule has 5 nitrogen and oxygen atoms in total. The summed E-state index contributed by atoms with van der Waals surface area (Å²) in [6.07, 6.45) is 3.02. The maximum Gasteiger partial charge on any atom is 0.0839 e. The van der Waals surface area contributed by atoms with Gasteiger partial charge in [-0.3, -0.25) is 4.68 Å². The molecule has 1 heterocycles. The minimum Gasteiger partial charge on any atom is -0.313 e. The van der Waals surface area contributed by atoms with Crippen LogP contribution in [0, 0.1) is 0 Å². The molecule has 0 aliphatic carbocycles. The van der Waals surface area contributed by atoms with Crippen LogP contribution in [-0.4, -0.2) is 52.1 Å². The van der Waals surface area contributed by atoms with Crippen LogP contribution in [0.1, 0.15) is 33.4 Å². The lowest BCUT2D eigenvalue weighted by molar-refractivity contribution is 0.276. The molecule has 1 aromatic rings. The molecule has 0 fully saturated rings. The van der Waals surface area contributed by atoms with Crippen LogP contribution in [0.4, 0.5) is 0 Å². The van der Waals surface area contributed by atoms with Gasteiger partial charge in [0.2, 0.25) is 0 Å². The van der Waals surface area contributed by atoms with E-state index in [1.165, 1.54) is 0 Å². The first-order chi connectivity index (χ1) is 8.49. The highest BCUT2D eigenvalue weighted by Crippen LogP contribution is 1.99. The van der Waals surface area contributed by atoms with Crippen molar-refractivity contribution >= 4 is 0 Å². The van der Waals surface area contributed by atoms with Gasteiger partial charge in [0.05, 0.1) is 12.2 Å². The Bertz CT molecular complexity index is 332. The minimum atomic E-state index is 0.521. The fraction of sp³-hybridized carbons (Fsp3) is 0.846. The summed E-state index contributed by atoms with van der Waals surface area (Å²) in [6, 6.07) is 1.10. The van der Waals surface area contributed by atoms with E-state index in [1.54, 1.807) is 0 Å². The van der Waals surface area contributed by atoms with Crippen molar-refractivity contribution in [1.82, 2.24) is 25.2 Å². The maximum atomic E-state index is 4.20. The molecule has 0 aromatic carbocycles. The van der Waals surface area contributed by atoms with Gasteiger partial charge in [-0.05, 0) is 20.9 Å². The molecular formula is C13H27N5. The van der Waals surface area contributed by atoms with Crippen molar-refractivity contribution < 1.29 is 0 Å². The van der Waals surface area contributed by atoms with Crippen LogP contribution in [0.2, 0.25) is 0 Å². The molecule has 18 heavy (non-hydrogen) atoms. The van der Waals surface area contributed by atoms with E-state index in [0.717, 1.165) is 31.7 Å². The number of rotatable bonds is 8. The number of nitrogens with zero attached hydrogens (tertiary/aromatic N) is 4. The Kier molecular flexibility index (Phi) is 6.29. The highest BCUT2D eigenvalue weighted by molar-refractivity contribution is 4.93. The molecule has 0 amide bonds. The Balaban J connectivity index is 2.30. The average Bonchev–Trinajstić information content (AvgIpc) is 2.73. The van der Waals surface area contributed by atoms with Gasteiger partial charge in [-0.2, -0.15) is 0 Å². The standard InChI is InChI=1S/C13H27N5/c1-11(2)14-7-9-18-10-13(15-16-18)6-8-17(5)12(3)4/h10-12,14H,6-9H2,1-5H3. The summed E-state index contributed by atoms with van der Waals surface area (Å²) in [4.78, 5) is 2.32. The van der Waals surface area contributed by atoms with E-state index in [0.29, 0.717) is 12.1 Å². The van der Waals surface area contributed by atoms with Crippen LogP contribution >= 0.6 is 0 Å². The molecule has 0 radical (unpaired) electrons. The molecule has 0 spiro atoms. The van der Waals surface area contributed by atoms with Crippen LogP contribution in [0.5, 0.6) is 0 Å². The molecule has 0 saturated carbocycles. The molecule has 1 aromatic heterocycles. The molecule has 0 aliphatic rings. The second kappa shape index (κ2) is 7.48. The van der Waals surface area contributed by atoms with Gasteiger partial charge in [0, 0.05) is 37.8 Å². The van der Waals surface area contributed by atoms with Crippen LogP contribution in [0.3, 0.4) is 0 Å². The lowest BCUT2D eigenvalue weighted by Crippen LogP contribution is -2.28. The summed E-state index contributed by atoms with van der Waals surface area (Å²) in [5, 5.41) is 11.7. The Labute approximate surface area is 111 Å². The van der Waals surface area contributed by atoms with E-state index in [2.05, 4.69) is 61.5 Å². The molecule has 0 saturated heterocycles. The van der Waals surface area contributed by atoms with Crippen molar-refractivity contribution in [2.45, 2.75) is 52.7 Å². The van der Waals surface area contributed by atoms with Crippen molar-refractivity contribution in [1.29, 1.82) is 0 Å². The normalized spacial score (nSPS) is 12.0. The first-order valence-corrected chi connectivity index (χ1v) is 6.81. The second-order valence-corrected chi connectivity index (χ2v) is 5.41. The first-order valence-electron chi connectivity index (χ1n) is 6.81. The Morgan fingerprint density at radius 3 is 2.67 bits per heavy atom. The van der Waals surface area contributed by atoms with E-state index in [1.807, 2.05) is 4.68 Å². The molecule has 0 aliphatic heterocycles. The summed E-state index contributed by atoms with van der Waals surface area (Å²) >= 11 is 0. The van der Waals surface area contributed by atoms with E-state index in [9.17, 15) is 0 Å². The SMILES string of the molecule is CC(C)NCCn1cc(CCN(C)C(C)C)nn1. The predicted octanol–water partition coefficient (Wildman–Crippen LogP) is 1.16. The van der Waals surface area contributed by atoms with Gasteiger partial charge in [-0.15, -0.1) is 5.10 Å². The Morgan fingerprint density at radius 1 is 1.33 bits per heavy atom. The van der Waals surface area contributed by atoms with E-state index >= 15 is 0 Å². The summed E-state index contributed by atoms with van der Waals surface area (Å²) in [5.74, 6) is 0. The maximum absolute atomic E-state index is 4.20. The van der Waals surface area contributed by atoms with Crippen LogP contribution in [0.25, 0.3) is 0 Å². The molecule has 1 N–H and O–H groups in total. The number of nitrogens with one attached hydrogen (secondary N) is 1. The first kappa shape index (κ1) is 15.1. The van der Waals surface area contributed by atoms with Gasteiger partial charge in [0.1, 0.15) is 0 Å². The van der Waals surface area contributed by atoms with Crippen molar-refractivity contribution in [3.8, 4) is 0 Å². The molecule has 0 unspecified atom stereocenters.